The van der Waals surface area contributed by atoms with E-state index in [0.29, 0.717) is 13.1 Å². The third-order valence-corrected chi connectivity index (χ3v) is 4.04. The van der Waals surface area contributed by atoms with Crippen LogP contribution in [0.5, 0.6) is 5.75 Å². The molecule has 6 nitrogen and oxygen atoms in total. The summed E-state index contributed by atoms with van der Waals surface area (Å²) in [7, 11) is -4.06. The number of aromatic hydroxyl groups is 1. The van der Waals surface area contributed by atoms with E-state index in [-0.39, 0.29) is 5.56 Å². The normalized spacial score (nSPS) is 16.4. The molecule has 0 aliphatic carbocycles. The number of hydrogen-bond donors (Lipinski definition) is 2. The lowest BCUT2D eigenvalue weighted by Crippen LogP contribution is -2.35. The molecule has 0 spiro atoms. The number of amides is 1. The molecule has 1 radical (unpaired) electrons. The highest BCUT2D eigenvalue weighted by molar-refractivity contribution is 7.89. The van der Waals surface area contributed by atoms with E-state index in [9.17, 15) is 18.3 Å². The number of carbonyl (C=O) groups is 1. The average molecular weight is 283 g/mol. The van der Waals surface area contributed by atoms with Crippen LogP contribution in [0.25, 0.3) is 0 Å². The van der Waals surface area contributed by atoms with Crippen LogP contribution in [0.4, 0.5) is 0 Å². The minimum absolute atomic E-state index is 0.145. The molecular weight excluding hydrogens is 268 g/mol. The summed E-state index contributed by atoms with van der Waals surface area (Å²) in [5.41, 5.74) is -0.145. The van der Waals surface area contributed by atoms with Crippen molar-refractivity contribution in [2.45, 2.75) is 24.2 Å². The van der Waals surface area contributed by atoms with Crippen LogP contribution in [0, 0.1) is 6.07 Å². The Labute approximate surface area is 111 Å². The second-order valence-corrected chi connectivity index (χ2v) is 5.99. The summed E-state index contributed by atoms with van der Waals surface area (Å²) in [5, 5.41) is 14.9. The van der Waals surface area contributed by atoms with Gasteiger partial charge in [0.2, 0.25) is 10.0 Å². The minimum Gasteiger partial charge on any atom is -0.506 e. The minimum atomic E-state index is -4.06. The third kappa shape index (κ3) is 2.87. The number of likely N-dealkylation sites (tertiary alicyclic amines) is 1. The molecule has 0 atom stereocenters. The predicted molar refractivity (Wildman–Crippen MR) is 68.1 cm³/mol. The van der Waals surface area contributed by atoms with E-state index < -0.39 is 26.6 Å². The van der Waals surface area contributed by atoms with Gasteiger partial charge in [0.05, 0.1) is 5.56 Å². The lowest BCUT2D eigenvalue weighted by Gasteiger charge is -2.27. The van der Waals surface area contributed by atoms with Gasteiger partial charge in [0.25, 0.3) is 5.91 Å². The van der Waals surface area contributed by atoms with Crippen molar-refractivity contribution in [2.75, 3.05) is 13.1 Å². The van der Waals surface area contributed by atoms with Crippen LogP contribution in [-0.4, -0.2) is 37.4 Å². The molecule has 1 amide bonds. The fourth-order valence-electron chi connectivity index (χ4n) is 2.12. The van der Waals surface area contributed by atoms with Crippen molar-refractivity contribution in [1.29, 1.82) is 0 Å². The zero-order valence-electron chi connectivity index (χ0n) is 10.3. The second-order valence-electron chi connectivity index (χ2n) is 4.46. The van der Waals surface area contributed by atoms with Gasteiger partial charge in [-0.3, -0.25) is 4.79 Å². The summed E-state index contributed by atoms with van der Waals surface area (Å²) in [6.45, 7) is 1.21. The van der Waals surface area contributed by atoms with Crippen LogP contribution in [0.2, 0.25) is 0 Å². The Morgan fingerprint density at radius 3 is 2.53 bits per heavy atom. The molecule has 1 aliphatic rings. The molecule has 0 aromatic heterocycles. The Balaban J connectivity index is 2.37. The SMILES string of the molecule is NS(=O)(=O)c1cc[c]c(C(=O)N2CCCCC2)c1O. The molecule has 3 N–H and O–H groups in total. The Bertz CT molecular complexity index is 592. The fraction of sp³-hybridized carbons (Fsp3) is 0.417. The summed E-state index contributed by atoms with van der Waals surface area (Å²) in [4.78, 5) is 13.3. The van der Waals surface area contributed by atoms with Gasteiger partial charge >= 0.3 is 0 Å². The highest BCUT2D eigenvalue weighted by Crippen LogP contribution is 2.27. The van der Waals surface area contributed by atoms with E-state index in [0.717, 1.165) is 25.3 Å². The van der Waals surface area contributed by atoms with Crippen molar-refractivity contribution in [3.63, 3.8) is 0 Å². The first-order chi connectivity index (χ1) is 8.91. The molecule has 0 unspecified atom stereocenters. The van der Waals surface area contributed by atoms with E-state index in [4.69, 9.17) is 5.14 Å². The van der Waals surface area contributed by atoms with Gasteiger partial charge in [-0.2, -0.15) is 0 Å². The maximum atomic E-state index is 12.2. The summed E-state index contributed by atoms with van der Waals surface area (Å²) < 4.78 is 22.6. The average Bonchev–Trinajstić information content (AvgIpc) is 2.38. The number of primary sulfonamides is 1. The van der Waals surface area contributed by atoms with E-state index >= 15 is 0 Å². The Kier molecular flexibility index (Phi) is 3.77. The Morgan fingerprint density at radius 1 is 1.32 bits per heavy atom. The maximum absolute atomic E-state index is 12.2. The highest BCUT2D eigenvalue weighted by Gasteiger charge is 2.25. The number of hydrogen-bond acceptors (Lipinski definition) is 4. The van der Waals surface area contributed by atoms with Crippen LogP contribution < -0.4 is 5.14 Å². The van der Waals surface area contributed by atoms with E-state index in [1.165, 1.54) is 6.07 Å². The molecule has 1 aromatic rings. The quantitative estimate of drug-likeness (QED) is 0.823. The van der Waals surface area contributed by atoms with Crippen LogP contribution in [0.1, 0.15) is 29.6 Å². The van der Waals surface area contributed by atoms with Crippen molar-refractivity contribution >= 4 is 15.9 Å². The summed E-state index contributed by atoms with van der Waals surface area (Å²) in [6.07, 6.45) is 2.87. The van der Waals surface area contributed by atoms with Crippen molar-refractivity contribution in [3.05, 3.63) is 23.8 Å². The smallest absolute Gasteiger partial charge is 0.258 e. The standard InChI is InChI=1S/C12H15N2O4S/c13-19(17,18)10-6-4-5-9(11(10)15)12(16)14-7-2-1-3-8-14/h4,6,15H,1-3,7-8H2,(H2,13,17,18). The molecule has 7 heteroatoms. The summed E-state index contributed by atoms with van der Waals surface area (Å²) in [5.74, 6) is -1.04. The molecular formula is C12H15N2O4S. The van der Waals surface area contributed by atoms with Gasteiger partial charge in [0.1, 0.15) is 10.6 Å². The van der Waals surface area contributed by atoms with Gasteiger partial charge in [0.15, 0.2) is 0 Å². The number of nitrogens with zero attached hydrogens (tertiary/aromatic N) is 1. The van der Waals surface area contributed by atoms with E-state index in [1.54, 1.807) is 4.90 Å². The zero-order chi connectivity index (χ0) is 14.0. The number of carbonyl (C=O) groups excluding carboxylic acids is 1. The van der Waals surface area contributed by atoms with E-state index in [1.807, 2.05) is 0 Å². The first-order valence-electron chi connectivity index (χ1n) is 5.97. The van der Waals surface area contributed by atoms with Gasteiger partial charge in [-0.1, -0.05) is 6.07 Å². The summed E-state index contributed by atoms with van der Waals surface area (Å²) >= 11 is 0. The molecule has 19 heavy (non-hydrogen) atoms. The number of rotatable bonds is 2. The predicted octanol–water partition coefficient (Wildman–Crippen LogP) is 0.466. The molecule has 0 bridgehead atoms. The third-order valence-electron chi connectivity index (χ3n) is 3.10. The molecule has 1 heterocycles. The molecule has 1 aliphatic heterocycles. The molecule has 103 valence electrons. The molecule has 1 saturated heterocycles. The Morgan fingerprint density at radius 2 is 1.95 bits per heavy atom. The molecule has 0 saturated carbocycles. The first-order valence-corrected chi connectivity index (χ1v) is 7.51. The monoisotopic (exact) mass is 283 g/mol. The second kappa shape index (κ2) is 5.18. The number of phenolic OH excluding ortho intramolecular Hbond substituents is 1. The number of sulfonamides is 1. The van der Waals surface area contributed by atoms with Crippen molar-refractivity contribution < 1.29 is 18.3 Å². The summed E-state index contributed by atoms with van der Waals surface area (Å²) in [6, 6.07) is 4.98. The highest BCUT2D eigenvalue weighted by atomic mass is 32.2. The van der Waals surface area contributed by atoms with Gasteiger partial charge in [0, 0.05) is 13.1 Å². The molecule has 1 fully saturated rings. The van der Waals surface area contributed by atoms with Gasteiger partial charge in [-0.25, -0.2) is 13.6 Å². The Hall–Kier alpha value is -1.60. The lowest BCUT2D eigenvalue weighted by atomic mass is 10.1. The number of benzene rings is 1. The number of phenols is 1. The van der Waals surface area contributed by atoms with Gasteiger partial charge in [-0.05, 0) is 31.4 Å². The van der Waals surface area contributed by atoms with Crippen molar-refractivity contribution in [1.82, 2.24) is 4.90 Å². The topological polar surface area (TPSA) is 101 Å². The molecule has 1 aromatic carbocycles. The van der Waals surface area contributed by atoms with E-state index in [2.05, 4.69) is 6.07 Å². The van der Waals surface area contributed by atoms with Crippen LogP contribution in [-0.2, 0) is 10.0 Å². The largest absolute Gasteiger partial charge is 0.506 e. The van der Waals surface area contributed by atoms with Crippen LogP contribution in [0.15, 0.2) is 17.0 Å². The lowest BCUT2D eigenvalue weighted by molar-refractivity contribution is 0.0720. The van der Waals surface area contributed by atoms with Crippen LogP contribution >= 0.6 is 0 Å². The van der Waals surface area contributed by atoms with Crippen molar-refractivity contribution in [2.24, 2.45) is 5.14 Å². The maximum Gasteiger partial charge on any atom is 0.258 e. The van der Waals surface area contributed by atoms with Crippen LogP contribution in [0.3, 0.4) is 0 Å². The number of nitrogens with two attached hydrogens (primary N) is 1. The first kappa shape index (κ1) is 13.8. The fourth-order valence-corrected chi connectivity index (χ4v) is 2.75. The van der Waals surface area contributed by atoms with Gasteiger partial charge < -0.3 is 10.0 Å². The molecule has 2 rings (SSSR count). The number of piperidine rings is 1. The zero-order valence-corrected chi connectivity index (χ0v) is 11.1. The van der Waals surface area contributed by atoms with Crippen molar-refractivity contribution in [3.8, 4) is 5.75 Å². The van der Waals surface area contributed by atoms with Gasteiger partial charge in [-0.15, -0.1) is 0 Å².